The normalized spacial score (nSPS) is 12.0. The first-order chi connectivity index (χ1) is 9.53. The van der Waals surface area contributed by atoms with Crippen LogP contribution in [0, 0.1) is 0 Å². The third-order valence-corrected chi connectivity index (χ3v) is 3.25. The number of ether oxygens (including phenoxy) is 2. The van der Waals surface area contributed by atoms with Crippen molar-refractivity contribution < 1.29 is 9.47 Å². The van der Waals surface area contributed by atoms with Crippen LogP contribution in [0.1, 0.15) is 20.8 Å². The average molecular weight is 303 g/mol. The molecule has 0 unspecified atom stereocenters. The molecule has 1 aromatic heterocycles. The molecule has 0 saturated heterocycles. The second-order valence-corrected chi connectivity index (χ2v) is 6.30. The van der Waals surface area contributed by atoms with E-state index in [0.717, 1.165) is 30.5 Å². The van der Waals surface area contributed by atoms with Crippen molar-refractivity contribution in [2.75, 3.05) is 39.2 Å². The van der Waals surface area contributed by atoms with Crippen molar-refractivity contribution in [3.63, 3.8) is 0 Å². The van der Waals surface area contributed by atoms with Crippen LogP contribution in [0.2, 0.25) is 0 Å². The fraction of sp³-hybridized carbons (Fsp3) is 0.917. The third-order valence-electron chi connectivity index (χ3n) is 2.33. The van der Waals surface area contributed by atoms with Crippen LogP contribution in [0.5, 0.6) is 0 Å². The van der Waals surface area contributed by atoms with Gasteiger partial charge in [-0.2, -0.15) is 0 Å². The zero-order chi connectivity index (χ0) is 14.8. The topological polar surface area (TPSA) is 74.1 Å². The molecule has 116 valence electrons. The van der Waals surface area contributed by atoms with Gasteiger partial charge in [0, 0.05) is 26.0 Å². The molecule has 0 atom stereocenters. The van der Waals surface area contributed by atoms with E-state index in [1.807, 2.05) is 25.5 Å². The van der Waals surface area contributed by atoms with Gasteiger partial charge in [-0.3, -0.25) is 0 Å². The van der Waals surface area contributed by atoms with Crippen LogP contribution in [0.25, 0.3) is 0 Å². The molecule has 0 aliphatic rings. The molecular weight excluding hydrogens is 278 g/mol. The predicted molar refractivity (Wildman–Crippen MR) is 79.0 cm³/mol. The Bertz CT molecular complexity index is 367. The van der Waals surface area contributed by atoms with Crippen molar-refractivity contribution in [1.29, 1.82) is 0 Å². The molecule has 1 aromatic rings. The molecule has 1 heterocycles. The third kappa shape index (κ3) is 7.78. The van der Waals surface area contributed by atoms with E-state index in [0.29, 0.717) is 13.2 Å². The minimum atomic E-state index is -0.0995. The maximum atomic E-state index is 5.67. The van der Waals surface area contributed by atoms with E-state index in [2.05, 4.69) is 20.8 Å². The summed E-state index contributed by atoms with van der Waals surface area (Å²) in [5.74, 6) is 0.842. The quantitative estimate of drug-likeness (QED) is 0.506. The summed E-state index contributed by atoms with van der Waals surface area (Å²) in [7, 11) is 1.69. The molecule has 1 rings (SSSR count). The van der Waals surface area contributed by atoms with Crippen molar-refractivity contribution in [2.45, 2.75) is 38.1 Å². The van der Waals surface area contributed by atoms with Gasteiger partial charge in [-0.15, -0.1) is 5.10 Å². The van der Waals surface area contributed by atoms with Gasteiger partial charge in [0.1, 0.15) is 0 Å². The Morgan fingerprint density at radius 1 is 1.25 bits per heavy atom. The van der Waals surface area contributed by atoms with E-state index < -0.39 is 0 Å². The molecule has 7 nitrogen and oxygen atoms in total. The second kappa shape index (κ2) is 9.28. The van der Waals surface area contributed by atoms with Crippen LogP contribution in [-0.4, -0.2) is 65.0 Å². The molecule has 8 heteroatoms. The Morgan fingerprint density at radius 2 is 2.05 bits per heavy atom. The molecular formula is C12H25N5O2S. The summed E-state index contributed by atoms with van der Waals surface area (Å²) in [5.41, 5.74) is -0.0995. The number of hydrogen-bond acceptors (Lipinski definition) is 7. The number of rotatable bonds is 10. The zero-order valence-corrected chi connectivity index (χ0v) is 13.6. The van der Waals surface area contributed by atoms with E-state index in [9.17, 15) is 0 Å². The highest BCUT2D eigenvalue weighted by Gasteiger charge is 2.11. The maximum absolute atomic E-state index is 5.67. The molecule has 1 N–H and O–H groups in total. The lowest BCUT2D eigenvalue weighted by atomic mass is 10.2. The fourth-order valence-corrected chi connectivity index (χ4v) is 2.13. The van der Waals surface area contributed by atoms with E-state index in [1.165, 1.54) is 0 Å². The molecule has 0 fully saturated rings. The summed E-state index contributed by atoms with van der Waals surface area (Å²) in [6, 6.07) is 0. The molecule has 0 spiro atoms. The minimum absolute atomic E-state index is 0.0995. The van der Waals surface area contributed by atoms with E-state index in [-0.39, 0.29) is 5.60 Å². The number of methoxy groups -OCH3 is 1. The standard InChI is InChI=1S/C12H25N5O2S/c1-12(2,3)19-9-10-20-11-14-15-16-17(11)7-5-13-6-8-18-4/h13H,5-10H2,1-4H3. The number of nitrogens with one attached hydrogen (secondary N) is 1. The Labute approximate surface area is 124 Å². The van der Waals surface area contributed by atoms with Crippen LogP contribution in [0.4, 0.5) is 0 Å². The Hall–Kier alpha value is -0.700. The monoisotopic (exact) mass is 303 g/mol. The summed E-state index contributed by atoms with van der Waals surface area (Å²) in [5, 5.41) is 15.8. The van der Waals surface area contributed by atoms with Gasteiger partial charge in [0.15, 0.2) is 0 Å². The Balaban J connectivity index is 2.21. The number of hydrogen-bond donors (Lipinski definition) is 1. The molecule has 0 amide bonds. The lowest BCUT2D eigenvalue weighted by Crippen LogP contribution is -2.24. The van der Waals surface area contributed by atoms with Crippen LogP contribution >= 0.6 is 11.8 Å². The first-order valence-electron chi connectivity index (χ1n) is 6.75. The van der Waals surface area contributed by atoms with Gasteiger partial charge in [-0.25, -0.2) is 4.68 Å². The SMILES string of the molecule is COCCNCCn1nnnc1SCCOC(C)(C)C. The summed E-state index contributed by atoms with van der Waals surface area (Å²) >= 11 is 1.61. The van der Waals surface area contributed by atoms with Crippen molar-refractivity contribution >= 4 is 11.8 Å². The summed E-state index contributed by atoms with van der Waals surface area (Å²) < 4.78 is 12.4. The highest BCUT2D eigenvalue weighted by atomic mass is 32.2. The average Bonchev–Trinajstić information content (AvgIpc) is 2.81. The van der Waals surface area contributed by atoms with Crippen LogP contribution in [0.3, 0.4) is 0 Å². The lowest BCUT2D eigenvalue weighted by Gasteiger charge is -2.18. The van der Waals surface area contributed by atoms with Gasteiger partial charge in [0.25, 0.3) is 0 Å². The number of thioether (sulfide) groups is 1. The fourth-order valence-electron chi connectivity index (χ4n) is 1.41. The molecule has 0 bridgehead atoms. The smallest absolute Gasteiger partial charge is 0.209 e. The molecule has 0 aliphatic heterocycles. The van der Waals surface area contributed by atoms with Crippen LogP contribution in [0.15, 0.2) is 5.16 Å². The van der Waals surface area contributed by atoms with Gasteiger partial charge in [0.2, 0.25) is 5.16 Å². The Morgan fingerprint density at radius 3 is 2.75 bits per heavy atom. The van der Waals surface area contributed by atoms with Crippen molar-refractivity contribution in [1.82, 2.24) is 25.5 Å². The molecule has 0 aliphatic carbocycles. The van der Waals surface area contributed by atoms with Crippen molar-refractivity contribution in [3.05, 3.63) is 0 Å². The molecule has 0 aromatic carbocycles. The molecule has 0 saturated carbocycles. The van der Waals surface area contributed by atoms with Crippen molar-refractivity contribution in [2.24, 2.45) is 0 Å². The zero-order valence-electron chi connectivity index (χ0n) is 12.8. The largest absolute Gasteiger partial charge is 0.383 e. The predicted octanol–water partition coefficient (Wildman–Crippen LogP) is 0.816. The minimum Gasteiger partial charge on any atom is -0.383 e. The number of aromatic nitrogens is 4. The maximum Gasteiger partial charge on any atom is 0.209 e. The second-order valence-electron chi connectivity index (χ2n) is 5.24. The number of tetrazole rings is 1. The van der Waals surface area contributed by atoms with Gasteiger partial charge in [-0.05, 0) is 31.2 Å². The van der Waals surface area contributed by atoms with Crippen LogP contribution in [-0.2, 0) is 16.0 Å². The van der Waals surface area contributed by atoms with E-state index in [4.69, 9.17) is 9.47 Å². The Kier molecular flexibility index (Phi) is 8.05. The van der Waals surface area contributed by atoms with Gasteiger partial charge in [-0.1, -0.05) is 11.8 Å². The first kappa shape index (κ1) is 17.4. The molecule has 0 radical (unpaired) electrons. The first-order valence-corrected chi connectivity index (χ1v) is 7.74. The molecule has 20 heavy (non-hydrogen) atoms. The van der Waals surface area contributed by atoms with Gasteiger partial charge < -0.3 is 14.8 Å². The van der Waals surface area contributed by atoms with Gasteiger partial charge >= 0.3 is 0 Å². The summed E-state index contributed by atoms with van der Waals surface area (Å²) in [6.07, 6.45) is 0. The highest BCUT2D eigenvalue weighted by Crippen LogP contribution is 2.14. The van der Waals surface area contributed by atoms with Crippen molar-refractivity contribution in [3.8, 4) is 0 Å². The van der Waals surface area contributed by atoms with Gasteiger partial charge in [0.05, 0.1) is 25.4 Å². The highest BCUT2D eigenvalue weighted by molar-refractivity contribution is 7.99. The van der Waals surface area contributed by atoms with E-state index >= 15 is 0 Å². The number of nitrogens with zero attached hydrogens (tertiary/aromatic N) is 4. The summed E-state index contributed by atoms with van der Waals surface area (Å²) in [6.45, 7) is 9.95. The van der Waals surface area contributed by atoms with Crippen LogP contribution < -0.4 is 5.32 Å². The summed E-state index contributed by atoms with van der Waals surface area (Å²) in [4.78, 5) is 0. The van der Waals surface area contributed by atoms with E-state index in [1.54, 1.807) is 18.9 Å². The lowest BCUT2D eigenvalue weighted by molar-refractivity contribution is 0.00692.